The molecule has 3 aromatic heterocycles. The summed E-state index contributed by atoms with van der Waals surface area (Å²) in [6.45, 7) is 0.916. The number of aromatic nitrogens is 4. The van der Waals surface area contributed by atoms with Crippen LogP contribution in [0.15, 0.2) is 65.7 Å². The second-order valence-corrected chi connectivity index (χ2v) is 8.56. The normalized spacial score (nSPS) is 10.8. The first-order valence-electron chi connectivity index (χ1n) is 9.94. The molecule has 1 N–H and O–H groups in total. The van der Waals surface area contributed by atoms with Gasteiger partial charge < -0.3 is 14.8 Å². The molecule has 0 aliphatic rings. The summed E-state index contributed by atoms with van der Waals surface area (Å²) in [5.41, 5.74) is 1.70. The lowest BCUT2D eigenvalue weighted by Gasteiger charge is -2.13. The molecule has 33 heavy (non-hydrogen) atoms. The van der Waals surface area contributed by atoms with E-state index in [4.69, 9.17) is 21.1 Å². The summed E-state index contributed by atoms with van der Waals surface area (Å²) >= 11 is 7.09. The number of carbonyl (C=O) groups excluding carboxylic acids is 1. The summed E-state index contributed by atoms with van der Waals surface area (Å²) < 4.78 is 14.6. The Kier molecular flexibility index (Phi) is 7.18. The Morgan fingerprint density at radius 1 is 1.18 bits per heavy atom. The highest BCUT2D eigenvalue weighted by atomic mass is 35.5. The quantitative estimate of drug-likeness (QED) is 0.366. The minimum Gasteiger partial charge on any atom is -0.489 e. The predicted molar refractivity (Wildman–Crippen MR) is 125 cm³/mol. The van der Waals surface area contributed by atoms with Crippen LogP contribution in [0, 0.1) is 0 Å². The van der Waals surface area contributed by atoms with E-state index in [1.165, 1.54) is 22.0 Å². The zero-order chi connectivity index (χ0) is 23.2. The van der Waals surface area contributed by atoms with Gasteiger partial charge in [-0.2, -0.15) is 0 Å². The third-order valence-corrected chi connectivity index (χ3v) is 5.83. The largest absolute Gasteiger partial charge is 0.489 e. The second-order valence-electron chi connectivity index (χ2n) is 6.84. The van der Waals surface area contributed by atoms with Crippen molar-refractivity contribution < 1.29 is 14.3 Å². The van der Waals surface area contributed by atoms with Crippen molar-refractivity contribution in [2.24, 2.45) is 0 Å². The molecule has 0 atom stereocenters. The van der Waals surface area contributed by atoms with Gasteiger partial charge in [-0.3, -0.25) is 14.2 Å². The number of hydrogen-bond donors (Lipinski definition) is 1. The molecule has 3 heterocycles. The highest BCUT2D eigenvalue weighted by Crippen LogP contribution is 2.26. The second kappa shape index (κ2) is 10.4. The van der Waals surface area contributed by atoms with Gasteiger partial charge in [-0.05, 0) is 30.3 Å². The molecule has 0 saturated carbocycles. The molecular weight excluding hydrogens is 466 g/mol. The van der Waals surface area contributed by atoms with Crippen molar-refractivity contribution in [1.29, 1.82) is 0 Å². The predicted octanol–water partition coefficient (Wildman–Crippen LogP) is 3.09. The van der Waals surface area contributed by atoms with E-state index < -0.39 is 0 Å². The van der Waals surface area contributed by atoms with E-state index >= 15 is 0 Å². The number of thiophene rings is 1. The van der Waals surface area contributed by atoms with Crippen LogP contribution in [0.1, 0.15) is 15.4 Å². The summed E-state index contributed by atoms with van der Waals surface area (Å²) in [4.78, 5) is 25.0. The van der Waals surface area contributed by atoms with Crippen LogP contribution in [0.5, 0.6) is 5.75 Å². The fraction of sp³-hybridized carbons (Fsp3) is 0.182. The van der Waals surface area contributed by atoms with Gasteiger partial charge >= 0.3 is 0 Å². The number of nitrogens with zero attached hydrogens (tertiary/aromatic N) is 4. The van der Waals surface area contributed by atoms with Crippen LogP contribution < -0.4 is 15.6 Å². The maximum Gasteiger partial charge on any atom is 0.261 e. The molecule has 1 amide bonds. The summed E-state index contributed by atoms with van der Waals surface area (Å²) in [6, 6.07) is 13.6. The molecule has 11 heteroatoms. The fourth-order valence-corrected chi connectivity index (χ4v) is 3.98. The van der Waals surface area contributed by atoms with Gasteiger partial charge in [0.15, 0.2) is 0 Å². The molecule has 0 aliphatic heterocycles. The Hall–Kier alpha value is -3.47. The minimum absolute atomic E-state index is 0.154. The molecule has 0 spiro atoms. The first-order chi connectivity index (χ1) is 16.0. The Morgan fingerprint density at radius 2 is 2.06 bits per heavy atom. The van der Waals surface area contributed by atoms with E-state index in [0.29, 0.717) is 45.2 Å². The van der Waals surface area contributed by atoms with Crippen LogP contribution in [-0.2, 0) is 11.3 Å². The van der Waals surface area contributed by atoms with E-state index in [9.17, 15) is 9.59 Å². The molecular formula is C22H20ClN5O4S. The number of methoxy groups -OCH3 is 1. The van der Waals surface area contributed by atoms with Gasteiger partial charge in [0.2, 0.25) is 0 Å². The van der Waals surface area contributed by atoms with Crippen LogP contribution in [0.3, 0.4) is 0 Å². The molecule has 0 radical (unpaired) electrons. The maximum absolute atomic E-state index is 12.2. The zero-order valence-electron chi connectivity index (χ0n) is 17.6. The van der Waals surface area contributed by atoms with Gasteiger partial charge in [0.25, 0.3) is 11.5 Å². The molecule has 0 fully saturated rings. The van der Waals surface area contributed by atoms with Crippen molar-refractivity contribution in [1.82, 2.24) is 24.9 Å². The molecule has 4 rings (SSSR count). The average molecular weight is 486 g/mol. The average Bonchev–Trinajstić information content (AvgIpc) is 3.47. The van der Waals surface area contributed by atoms with Gasteiger partial charge in [-0.25, -0.2) is 4.68 Å². The Labute approximate surface area is 198 Å². The van der Waals surface area contributed by atoms with E-state index in [-0.39, 0.29) is 18.0 Å². The molecule has 0 bridgehead atoms. The summed E-state index contributed by atoms with van der Waals surface area (Å²) in [5, 5.41) is 11.1. The fourth-order valence-electron chi connectivity index (χ4n) is 3.02. The van der Waals surface area contributed by atoms with Crippen molar-refractivity contribution in [3.05, 3.63) is 86.2 Å². The highest BCUT2D eigenvalue weighted by Gasteiger charge is 2.13. The number of pyridine rings is 1. The first kappa shape index (κ1) is 22.7. The first-order valence-corrected chi connectivity index (χ1v) is 11.1. The zero-order valence-corrected chi connectivity index (χ0v) is 19.2. The third kappa shape index (κ3) is 5.48. The Balaban J connectivity index is 1.56. The summed E-state index contributed by atoms with van der Waals surface area (Å²) in [7, 11) is 1.59. The monoisotopic (exact) mass is 485 g/mol. The number of benzene rings is 1. The lowest BCUT2D eigenvalue weighted by atomic mass is 10.2. The topological polar surface area (TPSA) is 100 Å². The van der Waals surface area contributed by atoms with E-state index in [1.54, 1.807) is 66.6 Å². The molecule has 0 unspecified atom stereocenters. The number of amides is 1. The number of halogens is 1. The molecule has 0 saturated heterocycles. The number of hydrogen-bond acceptors (Lipinski definition) is 7. The van der Waals surface area contributed by atoms with Crippen LogP contribution in [0.2, 0.25) is 4.34 Å². The molecule has 0 aliphatic carbocycles. The third-order valence-electron chi connectivity index (χ3n) is 4.60. The van der Waals surface area contributed by atoms with E-state index in [1.807, 2.05) is 0 Å². The SMILES string of the molecule is COCCOc1cc(-n2ccccc2=O)ccc1-n1cc(CNC(=O)c2ccc(Cl)s2)nn1. The van der Waals surface area contributed by atoms with Crippen molar-refractivity contribution in [3.8, 4) is 17.1 Å². The van der Waals surface area contributed by atoms with Gasteiger partial charge in [0.1, 0.15) is 23.7 Å². The lowest BCUT2D eigenvalue weighted by Crippen LogP contribution is -2.21. The van der Waals surface area contributed by atoms with Crippen LogP contribution >= 0.6 is 22.9 Å². The van der Waals surface area contributed by atoms with Gasteiger partial charge in [-0.15, -0.1) is 16.4 Å². The molecule has 9 nitrogen and oxygen atoms in total. The summed E-state index contributed by atoms with van der Waals surface area (Å²) in [6.07, 6.45) is 3.39. The molecule has 1 aromatic carbocycles. The number of carbonyl (C=O) groups is 1. The minimum atomic E-state index is -0.234. The standard InChI is InChI=1S/C22H20ClN5O4S/c1-31-10-11-32-18-12-16(27-9-3-2-4-21(27)29)5-6-17(18)28-14-15(25-26-28)13-24-22(30)19-7-8-20(23)33-19/h2-9,12,14H,10-11,13H2,1H3,(H,24,30). The maximum atomic E-state index is 12.2. The Bertz CT molecular complexity index is 1320. The van der Waals surface area contributed by atoms with Crippen molar-refractivity contribution in [2.45, 2.75) is 6.54 Å². The van der Waals surface area contributed by atoms with E-state index in [0.717, 1.165) is 0 Å². The van der Waals surface area contributed by atoms with Crippen LogP contribution in [0.25, 0.3) is 11.4 Å². The molecule has 170 valence electrons. The van der Waals surface area contributed by atoms with Gasteiger partial charge in [-0.1, -0.05) is 22.9 Å². The van der Waals surface area contributed by atoms with E-state index in [2.05, 4.69) is 15.6 Å². The molecule has 4 aromatic rings. The van der Waals surface area contributed by atoms with Gasteiger partial charge in [0, 0.05) is 25.4 Å². The van der Waals surface area contributed by atoms with Crippen molar-refractivity contribution in [3.63, 3.8) is 0 Å². The Morgan fingerprint density at radius 3 is 2.82 bits per heavy atom. The number of ether oxygens (including phenoxy) is 2. The smallest absolute Gasteiger partial charge is 0.261 e. The highest BCUT2D eigenvalue weighted by molar-refractivity contribution is 7.17. The number of rotatable bonds is 9. The van der Waals surface area contributed by atoms with Crippen molar-refractivity contribution in [2.75, 3.05) is 20.3 Å². The lowest BCUT2D eigenvalue weighted by molar-refractivity contribution is 0.0954. The number of nitrogens with one attached hydrogen (secondary N) is 1. The summed E-state index contributed by atoms with van der Waals surface area (Å²) in [5.74, 6) is 0.275. The van der Waals surface area contributed by atoms with Crippen molar-refractivity contribution >= 4 is 28.8 Å². The van der Waals surface area contributed by atoms with Gasteiger partial charge in [0.05, 0.1) is 34.2 Å². The van der Waals surface area contributed by atoms with Crippen LogP contribution in [-0.4, -0.2) is 45.8 Å². The van der Waals surface area contributed by atoms with Crippen LogP contribution in [0.4, 0.5) is 0 Å².